The Hall–Kier alpha value is -1.42. The minimum Gasteiger partial charge on any atom is -0.395 e. The first-order valence-corrected chi connectivity index (χ1v) is 6.35. The molecule has 1 aromatic carbocycles. The van der Waals surface area contributed by atoms with Crippen LogP contribution in [0.3, 0.4) is 0 Å². The van der Waals surface area contributed by atoms with Crippen molar-refractivity contribution in [2.45, 2.75) is 31.7 Å². The van der Waals surface area contributed by atoms with Gasteiger partial charge in [-0.15, -0.1) is 0 Å². The lowest BCUT2D eigenvalue weighted by atomic mass is 9.91. The Bertz CT molecular complexity index is 418. The van der Waals surface area contributed by atoms with Gasteiger partial charge in [0.05, 0.1) is 13.0 Å². The minimum absolute atomic E-state index is 0.0224. The fourth-order valence-electron chi connectivity index (χ4n) is 2.24. The summed E-state index contributed by atoms with van der Waals surface area (Å²) in [5.74, 6) is -0.350. The summed E-state index contributed by atoms with van der Waals surface area (Å²) in [5.41, 5.74) is 0.683. The van der Waals surface area contributed by atoms with Crippen LogP contribution in [0.4, 0.5) is 4.39 Å². The summed E-state index contributed by atoms with van der Waals surface area (Å²) >= 11 is 0. The summed E-state index contributed by atoms with van der Waals surface area (Å²) in [4.78, 5) is 13.9. The van der Waals surface area contributed by atoms with Crippen LogP contribution in [0.2, 0.25) is 0 Å². The van der Waals surface area contributed by atoms with Crippen LogP contribution in [-0.2, 0) is 11.2 Å². The zero-order valence-corrected chi connectivity index (χ0v) is 10.3. The Morgan fingerprint density at radius 1 is 1.44 bits per heavy atom. The highest BCUT2D eigenvalue weighted by Crippen LogP contribution is 2.25. The van der Waals surface area contributed by atoms with Crippen molar-refractivity contribution in [1.29, 1.82) is 0 Å². The second-order valence-corrected chi connectivity index (χ2v) is 4.70. The molecule has 1 amide bonds. The van der Waals surface area contributed by atoms with Crippen LogP contribution in [0.1, 0.15) is 24.8 Å². The molecule has 0 saturated heterocycles. The normalized spacial score (nSPS) is 15.2. The van der Waals surface area contributed by atoms with Crippen molar-refractivity contribution in [3.05, 3.63) is 35.6 Å². The number of aliphatic hydroxyl groups is 1. The molecule has 0 aliphatic heterocycles. The summed E-state index contributed by atoms with van der Waals surface area (Å²) in [6.07, 6.45) is 3.36. The van der Waals surface area contributed by atoms with Gasteiger partial charge in [0.1, 0.15) is 5.82 Å². The number of halogens is 1. The molecule has 2 rings (SSSR count). The summed E-state index contributed by atoms with van der Waals surface area (Å²) in [6.45, 7) is 0.351. The van der Waals surface area contributed by atoms with Gasteiger partial charge >= 0.3 is 0 Å². The number of hydrogen-bond donors (Lipinski definition) is 1. The van der Waals surface area contributed by atoms with E-state index in [9.17, 15) is 9.18 Å². The van der Waals surface area contributed by atoms with E-state index in [2.05, 4.69) is 0 Å². The van der Waals surface area contributed by atoms with Crippen molar-refractivity contribution in [3.63, 3.8) is 0 Å². The maximum Gasteiger partial charge on any atom is 0.227 e. The van der Waals surface area contributed by atoms with Crippen LogP contribution in [0.15, 0.2) is 24.3 Å². The minimum atomic E-state index is -0.322. The SMILES string of the molecule is O=C(Cc1cccc(F)c1)N(CCO)C1CCC1. The summed E-state index contributed by atoms with van der Waals surface area (Å²) < 4.78 is 13.0. The summed E-state index contributed by atoms with van der Waals surface area (Å²) in [7, 11) is 0. The number of nitrogens with zero attached hydrogens (tertiary/aromatic N) is 1. The topological polar surface area (TPSA) is 40.5 Å². The van der Waals surface area contributed by atoms with E-state index in [-0.39, 0.29) is 30.8 Å². The number of hydrogen-bond acceptors (Lipinski definition) is 2. The van der Waals surface area contributed by atoms with Gasteiger partial charge in [0.15, 0.2) is 0 Å². The molecule has 0 heterocycles. The number of carbonyl (C=O) groups excluding carboxylic acids is 1. The first-order valence-electron chi connectivity index (χ1n) is 6.35. The molecule has 0 radical (unpaired) electrons. The molecule has 0 atom stereocenters. The zero-order chi connectivity index (χ0) is 13.0. The van der Waals surface area contributed by atoms with Crippen LogP contribution >= 0.6 is 0 Å². The van der Waals surface area contributed by atoms with Gasteiger partial charge in [0.25, 0.3) is 0 Å². The number of carbonyl (C=O) groups is 1. The number of rotatable bonds is 5. The van der Waals surface area contributed by atoms with Gasteiger partial charge in [0, 0.05) is 12.6 Å². The van der Waals surface area contributed by atoms with Crippen molar-refractivity contribution in [3.8, 4) is 0 Å². The average molecular weight is 251 g/mol. The first kappa shape index (κ1) is 13.0. The smallest absolute Gasteiger partial charge is 0.227 e. The molecular formula is C14H18FNO2. The number of amides is 1. The van der Waals surface area contributed by atoms with E-state index >= 15 is 0 Å². The first-order chi connectivity index (χ1) is 8.70. The van der Waals surface area contributed by atoms with E-state index in [4.69, 9.17) is 5.11 Å². The molecule has 0 unspecified atom stereocenters. The molecule has 1 N–H and O–H groups in total. The Morgan fingerprint density at radius 3 is 2.78 bits per heavy atom. The average Bonchev–Trinajstić information content (AvgIpc) is 2.26. The lowest BCUT2D eigenvalue weighted by Crippen LogP contribution is -2.46. The number of aliphatic hydroxyl groups excluding tert-OH is 1. The predicted octanol–water partition coefficient (Wildman–Crippen LogP) is 1.74. The summed E-state index contributed by atoms with van der Waals surface area (Å²) in [6, 6.07) is 6.37. The Morgan fingerprint density at radius 2 is 2.22 bits per heavy atom. The molecule has 1 fully saturated rings. The third-order valence-electron chi connectivity index (χ3n) is 3.42. The second kappa shape index (κ2) is 5.96. The van der Waals surface area contributed by atoms with E-state index in [0.717, 1.165) is 19.3 Å². The molecule has 1 aliphatic carbocycles. The highest BCUT2D eigenvalue weighted by atomic mass is 19.1. The van der Waals surface area contributed by atoms with Crippen LogP contribution in [0, 0.1) is 5.82 Å². The third kappa shape index (κ3) is 3.07. The van der Waals surface area contributed by atoms with Gasteiger partial charge < -0.3 is 10.0 Å². The molecule has 1 aromatic rings. The van der Waals surface area contributed by atoms with E-state index in [0.29, 0.717) is 12.1 Å². The Labute approximate surface area is 106 Å². The predicted molar refractivity (Wildman–Crippen MR) is 66.5 cm³/mol. The highest BCUT2D eigenvalue weighted by Gasteiger charge is 2.28. The van der Waals surface area contributed by atoms with Gasteiger partial charge in [-0.1, -0.05) is 12.1 Å². The highest BCUT2D eigenvalue weighted by molar-refractivity contribution is 5.79. The van der Waals surface area contributed by atoms with E-state index in [1.165, 1.54) is 12.1 Å². The molecule has 1 aliphatic rings. The molecular weight excluding hydrogens is 233 g/mol. The monoisotopic (exact) mass is 251 g/mol. The zero-order valence-electron chi connectivity index (χ0n) is 10.3. The Kier molecular flexibility index (Phi) is 4.31. The molecule has 0 bridgehead atoms. The van der Waals surface area contributed by atoms with E-state index in [1.54, 1.807) is 17.0 Å². The largest absolute Gasteiger partial charge is 0.395 e. The molecule has 0 spiro atoms. The molecule has 0 aromatic heterocycles. The van der Waals surface area contributed by atoms with Crippen molar-refractivity contribution in [2.24, 2.45) is 0 Å². The van der Waals surface area contributed by atoms with Crippen LogP contribution in [-0.4, -0.2) is 35.1 Å². The standard InChI is InChI=1S/C14H18FNO2/c15-12-4-1-3-11(9-12)10-14(18)16(7-8-17)13-5-2-6-13/h1,3-4,9,13,17H,2,5-8,10H2. The van der Waals surface area contributed by atoms with Crippen LogP contribution in [0.5, 0.6) is 0 Å². The van der Waals surface area contributed by atoms with Gasteiger partial charge in [0.2, 0.25) is 5.91 Å². The fourth-order valence-corrected chi connectivity index (χ4v) is 2.24. The van der Waals surface area contributed by atoms with Gasteiger partial charge in [-0.2, -0.15) is 0 Å². The van der Waals surface area contributed by atoms with Gasteiger partial charge in [-0.05, 0) is 37.0 Å². The van der Waals surface area contributed by atoms with Crippen molar-refractivity contribution in [2.75, 3.05) is 13.2 Å². The third-order valence-corrected chi connectivity index (χ3v) is 3.42. The lowest BCUT2D eigenvalue weighted by Gasteiger charge is -2.37. The van der Waals surface area contributed by atoms with Crippen molar-refractivity contribution >= 4 is 5.91 Å². The fraction of sp³-hybridized carbons (Fsp3) is 0.500. The van der Waals surface area contributed by atoms with E-state index < -0.39 is 0 Å². The quantitative estimate of drug-likeness (QED) is 0.866. The van der Waals surface area contributed by atoms with Crippen LogP contribution in [0.25, 0.3) is 0 Å². The molecule has 98 valence electrons. The molecule has 4 heteroatoms. The van der Waals surface area contributed by atoms with Gasteiger partial charge in [-0.3, -0.25) is 4.79 Å². The maximum absolute atomic E-state index is 13.0. The maximum atomic E-state index is 13.0. The number of benzene rings is 1. The van der Waals surface area contributed by atoms with Crippen molar-refractivity contribution in [1.82, 2.24) is 4.90 Å². The molecule has 1 saturated carbocycles. The molecule has 3 nitrogen and oxygen atoms in total. The van der Waals surface area contributed by atoms with Crippen LogP contribution < -0.4 is 0 Å². The van der Waals surface area contributed by atoms with Crippen molar-refractivity contribution < 1.29 is 14.3 Å². The molecule has 18 heavy (non-hydrogen) atoms. The Balaban J connectivity index is 2.00. The second-order valence-electron chi connectivity index (χ2n) is 4.70. The lowest BCUT2D eigenvalue weighted by molar-refractivity contribution is -0.135. The van der Waals surface area contributed by atoms with E-state index in [1.807, 2.05) is 0 Å². The summed E-state index contributed by atoms with van der Waals surface area (Å²) in [5, 5.41) is 9.01. The van der Waals surface area contributed by atoms with Gasteiger partial charge in [-0.25, -0.2) is 4.39 Å².